The molecule has 0 radical (unpaired) electrons. The fraction of sp³-hybridized carbons (Fsp3) is 0.308. The van der Waals surface area contributed by atoms with Gasteiger partial charge >= 0.3 is 6.03 Å². The van der Waals surface area contributed by atoms with E-state index in [1.165, 1.54) is 5.56 Å². The molecule has 1 aromatic rings. The van der Waals surface area contributed by atoms with E-state index in [4.69, 9.17) is 6.42 Å². The molecule has 0 saturated carbocycles. The molecule has 0 heterocycles. The zero-order chi connectivity index (χ0) is 11.8. The van der Waals surface area contributed by atoms with E-state index in [0.717, 1.165) is 6.42 Å². The zero-order valence-electron chi connectivity index (χ0n) is 9.44. The molecule has 0 aliphatic rings. The van der Waals surface area contributed by atoms with Crippen molar-refractivity contribution < 1.29 is 4.79 Å². The van der Waals surface area contributed by atoms with E-state index in [1.54, 1.807) is 11.9 Å². The van der Waals surface area contributed by atoms with Crippen LogP contribution in [0.5, 0.6) is 0 Å². The van der Waals surface area contributed by atoms with Crippen molar-refractivity contribution >= 4 is 6.03 Å². The summed E-state index contributed by atoms with van der Waals surface area (Å²) in [6.07, 6.45) is 5.91. The number of carbonyl (C=O) groups is 1. The Bertz CT molecular complexity index is 367. The van der Waals surface area contributed by atoms with Gasteiger partial charge in [0.2, 0.25) is 0 Å². The van der Waals surface area contributed by atoms with Gasteiger partial charge in [0.05, 0.1) is 6.54 Å². The normalized spacial score (nSPS) is 9.25. The molecule has 16 heavy (non-hydrogen) atoms. The standard InChI is InChI=1S/C13H16N2O/c1-3-10-14-13(16)15(2)11-9-12-7-5-4-6-8-12/h1,4-8H,9-11H2,2H3,(H,14,16). The highest BCUT2D eigenvalue weighted by Crippen LogP contribution is 2.00. The molecule has 0 bridgehead atoms. The smallest absolute Gasteiger partial charge is 0.317 e. The van der Waals surface area contributed by atoms with Crippen LogP contribution in [0, 0.1) is 12.3 Å². The Hall–Kier alpha value is -1.95. The Morgan fingerprint density at radius 1 is 1.44 bits per heavy atom. The van der Waals surface area contributed by atoms with Gasteiger partial charge in [-0.05, 0) is 12.0 Å². The van der Waals surface area contributed by atoms with E-state index < -0.39 is 0 Å². The van der Waals surface area contributed by atoms with Crippen molar-refractivity contribution in [1.29, 1.82) is 0 Å². The molecule has 0 spiro atoms. The van der Waals surface area contributed by atoms with Crippen molar-refractivity contribution in [3.05, 3.63) is 35.9 Å². The summed E-state index contributed by atoms with van der Waals surface area (Å²) in [5.74, 6) is 2.37. The van der Waals surface area contributed by atoms with Crippen LogP contribution in [0.3, 0.4) is 0 Å². The second kappa shape index (κ2) is 6.52. The van der Waals surface area contributed by atoms with Crippen LogP contribution in [0.15, 0.2) is 30.3 Å². The number of urea groups is 1. The minimum atomic E-state index is -0.131. The third-order valence-corrected chi connectivity index (χ3v) is 2.27. The molecule has 3 nitrogen and oxygen atoms in total. The van der Waals surface area contributed by atoms with Crippen LogP contribution in [-0.2, 0) is 6.42 Å². The van der Waals surface area contributed by atoms with E-state index in [-0.39, 0.29) is 12.6 Å². The average Bonchev–Trinajstić information content (AvgIpc) is 2.34. The van der Waals surface area contributed by atoms with Crippen LogP contribution in [0.4, 0.5) is 4.79 Å². The summed E-state index contributed by atoms with van der Waals surface area (Å²) in [5.41, 5.74) is 1.22. The maximum Gasteiger partial charge on any atom is 0.317 e. The van der Waals surface area contributed by atoms with Gasteiger partial charge in [0, 0.05) is 13.6 Å². The van der Waals surface area contributed by atoms with E-state index in [2.05, 4.69) is 11.2 Å². The second-order valence-electron chi connectivity index (χ2n) is 3.52. The Morgan fingerprint density at radius 2 is 2.12 bits per heavy atom. The second-order valence-corrected chi connectivity index (χ2v) is 3.52. The van der Waals surface area contributed by atoms with E-state index >= 15 is 0 Å². The van der Waals surface area contributed by atoms with Crippen molar-refractivity contribution in [3.8, 4) is 12.3 Å². The molecule has 1 aromatic carbocycles. The van der Waals surface area contributed by atoms with Gasteiger partial charge < -0.3 is 10.2 Å². The van der Waals surface area contributed by atoms with Crippen LogP contribution < -0.4 is 5.32 Å². The number of terminal acetylenes is 1. The number of benzene rings is 1. The summed E-state index contributed by atoms with van der Waals surface area (Å²) in [7, 11) is 1.76. The highest BCUT2D eigenvalue weighted by atomic mass is 16.2. The first-order chi connectivity index (χ1) is 7.74. The largest absolute Gasteiger partial charge is 0.328 e. The lowest BCUT2D eigenvalue weighted by Gasteiger charge is -2.16. The predicted octanol–water partition coefficient (Wildman–Crippen LogP) is 1.50. The third kappa shape index (κ3) is 4.05. The fourth-order valence-electron chi connectivity index (χ4n) is 1.30. The van der Waals surface area contributed by atoms with Gasteiger partial charge in [-0.2, -0.15) is 0 Å². The molecule has 0 atom stereocenters. The molecule has 1 N–H and O–H groups in total. The number of nitrogens with zero attached hydrogens (tertiary/aromatic N) is 1. The number of rotatable bonds is 4. The number of hydrogen-bond acceptors (Lipinski definition) is 1. The third-order valence-electron chi connectivity index (χ3n) is 2.27. The predicted molar refractivity (Wildman–Crippen MR) is 65.0 cm³/mol. The number of hydrogen-bond donors (Lipinski definition) is 1. The van der Waals surface area contributed by atoms with E-state index in [0.29, 0.717) is 6.54 Å². The van der Waals surface area contributed by atoms with Gasteiger partial charge in [0.1, 0.15) is 0 Å². The molecule has 0 aliphatic carbocycles. The molecule has 2 amide bonds. The van der Waals surface area contributed by atoms with Crippen LogP contribution in [0.1, 0.15) is 5.56 Å². The summed E-state index contributed by atoms with van der Waals surface area (Å²) in [6.45, 7) is 0.953. The van der Waals surface area contributed by atoms with Crippen molar-refractivity contribution in [1.82, 2.24) is 10.2 Å². The topological polar surface area (TPSA) is 32.3 Å². The molecule has 0 aliphatic heterocycles. The van der Waals surface area contributed by atoms with E-state index in [1.807, 2.05) is 30.3 Å². The minimum Gasteiger partial charge on any atom is -0.328 e. The molecule has 0 saturated heterocycles. The molecule has 1 rings (SSSR count). The SMILES string of the molecule is C#CCNC(=O)N(C)CCc1ccccc1. The summed E-state index contributed by atoms with van der Waals surface area (Å²) < 4.78 is 0. The molecular formula is C13H16N2O. The summed E-state index contributed by atoms with van der Waals surface area (Å²) >= 11 is 0. The first-order valence-corrected chi connectivity index (χ1v) is 5.20. The lowest BCUT2D eigenvalue weighted by molar-refractivity contribution is 0.210. The van der Waals surface area contributed by atoms with Crippen LogP contribution in [0.25, 0.3) is 0 Å². The zero-order valence-corrected chi connectivity index (χ0v) is 9.44. The monoisotopic (exact) mass is 216 g/mol. The number of amides is 2. The van der Waals surface area contributed by atoms with Crippen molar-refractivity contribution in [2.75, 3.05) is 20.1 Å². The minimum absolute atomic E-state index is 0.131. The molecule has 84 valence electrons. The van der Waals surface area contributed by atoms with Crippen molar-refractivity contribution in [3.63, 3.8) is 0 Å². The molecule has 0 aromatic heterocycles. The first kappa shape index (κ1) is 12.1. The van der Waals surface area contributed by atoms with E-state index in [9.17, 15) is 4.79 Å². The maximum atomic E-state index is 11.4. The van der Waals surface area contributed by atoms with Gasteiger partial charge in [-0.3, -0.25) is 0 Å². The Balaban J connectivity index is 2.33. The highest BCUT2D eigenvalue weighted by Gasteiger charge is 2.06. The van der Waals surface area contributed by atoms with Gasteiger partial charge in [-0.1, -0.05) is 36.3 Å². The fourth-order valence-corrected chi connectivity index (χ4v) is 1.30. The molecular weight excluding hydrogens is 200 g/mol. The van der Waals surface area contributed by atoms with Crippen LogP contribution in [-0.4, -0.2) is 31.1 Å². The van der Waals surface area contributed by atoms with Crippen LogP contribution >= 0.6 is 0 Å². The van der Waals surface area contributed by atoms with Gasteiger partial charge in [0.25, 0.3) is 0 Å². The quantitative estimate of drug-likeness (QED) is 0.760. The Kier molecular flexibility index (Phi) is 4.94. The summed E-state index contributed by atoms with van der Waals surface area (Å²) in [4.78, 5) is 13.1. The molecule has 0 unspecified atom stereocenters. The Labute approximate surface area is 96.5 Å². The lowest BCUT2D eigenvalue weighted by atomic mass is 10.1. The van der Waals surface area contributed by atoms with Gasteiger partial charge in [-0.15, -0.1) is 6.42 Å². The van der Waals surface area contributed by atoms with Crippen molar-refractivity contribution in [2.24, 2.45) is 0 Å². The first-order valence-electron chi connectivity index (χ1n) is 5.20. The summed E-state index contributed by atoms with van der Waals surface area (Å²) in [5, 5.41) is 2.62. The molecule has 0 fully saturated rings. The van der Waals surface area contributed by atoms with Gasteiger partial charge in [0.15, 0.2) is 0 Å². The maximum absolute atomic E-state index is 11.4. The number of carbonyl (C=O) groups excluding carboxylic acids is 1. The highest BCUT2D eigenvalue weighted by molar-refractivity contribution is 5.74. The van der Waals surface area contributed by atoms with Gasteiger partial charge in [-0.25, -0.2) is 4.79 Å². The molecule has 3 heteroatoms. The number of likely N-dealkylation sites (N-methyl/N-ethyl adjacent to an activating group) is 1. The Morgan fingerprint density at radius 3 is 2.75 bits per heavy atom. The van der Waals surface area contributed by atoms with Crippen molar-refractivity contribution in [2.45, 2.75) is 6.42 Å². The average molecular weight is 216 g/mol. The van der Waals surface area contributed by atoms with Crippen LogP contribution in [0.2, 0.25) is 0 Å². The summed E-state index contributed by atoms with van der Waals surface area (Å²) in [6, 6.07) is 9.93. The number of nitrogens with one attached hydrogen (secondary N) is 1. The lowest BCUT2D eigenvalue weighted by Crippen LogP contribution is -2.38.